The highest BCUT2D eigenvalue weighted by atomic mass is 19.4. The molecule has 1 heterocycles. The second-order valence-electron chi connectivity index (χ2n) is 5.48. The number of carbonyl (C=O) groups is 2. The van der Waals surface area contributed by atoms with Crippen molar-refractivity contribution in [3.63, 3.8) is 0 Å². The lowest BCUT2D eigenvalue weighted by atomic mass is 10.2. The molecule has 0 aliphatic carbocycles. The minimum atomic E-state index is -4.47. The summed E-state index contributed by atoms with van der Waals surface area (Å²) in [6.07, 6.45) is -3.83. The number of nitrogens with zero attached hydrogens (tertiary/aromatic N) is 2. The topological polar surface area (TPSA) is 90.3 Å². The molecular formula is C17H16F3N3O4. The van der Waals surface area contributed by atoms with E-state index in [-0.39, 0.29) is 16.9 Å². The van der Waals surface area contributed by atoms with Gasteiger partial charge in [0.15, 0.2) is 12.3 Å². The number of ether oxygens (including phenoxy) is 1. The van der Waals surface area contributed by atoms with Crippen LogP contribution in [0.3, 0.4) is 0 Å². The first-order chi connectivity index (χ1) is 12.7. The molecule has 1 aromatic carbocycles. The van der Waals surface area contributed by atoms with Gasteiger partial charge in [0.05, 0.1) is 5.56 Å². The maximum atomic E-state index is 12.5. The molecule has 0 saturated carbocycles. The molecule has 0 unspecified atom stereocenters. The van der Waals surface area contributed by atoms with Crippen molar-refractivity contribution in [2.24, 2.45) is 0 Å². The molecule has 0 spiro atoms. The highest BCUT2D eigenvalue weighted by molar-refractivity contribution is 5.94. The number of halogens is 3. The largest absolute Gasteiger partial charge is 0.451 e. The first kappa shape index (κ1) is 20.1. The van der Waals surface area contributed by atoms with Gasteiger partial charge in [0.2, 0.25) is 0 Å². The van der Waals surface area contributed by atoms with Crippen LogP contribution in [0, 0.1) is 0 Å². The minimum Gasteiger partial charge on any atom is -0.451 e. The molecule has 2 aromatic rings. The van der Waals surface area contributed by atoms with Crippen LogP contribution in [0.1, 0.15) is 29.4 Å². The van der Waals surface area contributed by atoms with E-state index in [9.17, 15) is 27.6 Å². The van der Waals surface area contributed by atoms with Crippen molar-refractivity contribution in [1.29, 1.82) is 0 Å². The first-order valence-electron chi connectivity index (χ1n) is 7.93. The summed E-state index contributed by atoms with van der Waals surface area (Å²) in [5.74, 6) is -1.63. The highest BCUT2D eigenvalue weighted by Crippen LogP contribution is 2.29. The van der Waals surface area contributed by atoms with Crippen molar-refractivity contribution in [3.8, 4) is 0 Å². The molecule has 0 aliphatic heterocycles. The molecule has 1 aromatic heterocycles. The lowest BCUT2D eigenvalue weighted by molar-refractivity contribution is -0.137. The maximum Gasteiger partial charge on any atom is 0.416 e. The predicted octanol–water partition coefficient (Wildman–Crippen LogP) is 2.47. The summed E-state index contributed by atoms with van der Waals surface area (Å²) < 4.78 is 43.4. The Morgan fingerprint density at radius 1 is 1.15 bits per heavy atom. The molecule has 144 valence electrons. The number of alkyl halides is 3. The fourth-order valence-electron chi connectivity index (χ4n) is 2.07. The van der Waals surface area contributed by atoms with Crippen LogP contribution in [0.5, 0.6) is 0 Å². The van der Waals surface area contributed by atoms with Gasteiger partial charge in [-0.3, -0.25) is 9.59 Å². The van der Waals surface area contributed by atoms with Gasteiger partial charge in [-0.05, 0) is 36.8 Å². The highest BCUT2D eigenvalue weighted by Gasteiger charge is 2.30. The van der Waals surface area contributed by atoms with Gasteiger partial charge >= 0.3 is 12.1 Å². The molecule has 0 aliphatic rings. The molecular weight excluding hydrogens is 367 g/mol. The summed E-state index contributed by atoms with van der Waals surface area (Å²) in [7, 11) is 0. The van der Waals surface area contributed by atoms with Gasteiger partial charge in [0, 0.05) is 18.3 Å². The van der Waals surface area contributed by atoms with Gasteiger partial charge < -0.3 is 10.1 Å². The van der Waals surface area contributed by atoms with Crippen LogP contribution >= 0.6 is 0 Å². The Hall–Kier alpha value is -3.17. The number of hydrogen-bond donors (Lipinski definition) is 1. The summed E-state index contributed by atoms with van der Waals surface area (Å²) in [5, 5.41) is 6.16. The van der Waals surface area contributed by atoms with Gasteiger partial charge in [-0.15, -0.1) is 0 Å². The van der Waals surface area contributed by atoms with E-state index in [0.29, 0.717) is 13.0 Å². The van der Waals surface area contributed by atoms with Crippen molar-refractivity contribution >= 4 is 17.6 Å². The van der Waals surface area contributed by atoms with Crippen molar-refractivity contribution in [1.82, 2.24) is 9.78 Å². The van der Waals surface area contributed by atoms with Gasteiger partial charge in [0.25, 0.3) is 11.5 Å². The number of aromatic nitrogens is 2. The average Bonchev–Trinajstić information content (AvgIpc) is 2.61. The number of rotatable bonds is 6. The van der Waals surface area contributed by atoms with Crippen LogP contribution in [-0.2, 0) is 22.3 Å². The van der Waals surface area contributed by atoms with Crippen molar-refractivity contribution in [2.45, 2.75) is 26.1 Å². The normalized spacial score (nSPS) is 11.1. The number of esters is 1. The number of hydrogen-bond acceptors (Lipinski definition) is 5. The quantitative estimate of drug-likeness (QED) is 0.774. The van der Waals surface area contributed by atoms with E-state index >= 15 is 0 Å². The summed E-state index contributed by atoms with van der Waals surface area (Å²) in [6, 6.07) is 6.17. The Labute approximate surface area is 151 Å². The maximum absolute atomic E-state index is 12.5. The summed E-state index contributed by atoms with van der Waals surface area (Å²) in [6.45, 7) is 1.51. The van der Waals surface area contributed by atoms with Gasteiger partial charge in [-0.25, -0.2) is 9.48 Å². The van der Waals surface area contributed by atoms with Gasteiger partial charge in [-0.1, -0.05) is 6.92 Å². The van der Waals surface area contributed by atoms with Crippen molar-refractivity contribution in [2.75, 3.05) is 11.9 Å². The van der Waals surface area contributed by atoms with E-state index in [1.807, 2.05) is 6.92 Å². The molecule has 27 heavy (non-hydrogen) atoms. The van der Waals surface area contributed by atoms with Crippen LogP contribution < -0.4 is 10.9 Å². The molecule has 0 radical (unpaired) electrons. The third-order valence-corrected chi connectivity index (χ3v) is 3.34. The second kappa shape index (κ2) is 8.47. The monoisotopic (exact) mass is 383 g/mol. The SMILES string of the molecule is CCCn1nc(C(=O)OCC(=O)Nc2ccc(C(F)(F)F)cc2)ccc1=O. The fraction of sp³-hybridized carbons (Fsp3) is 0.294. The Kier molecular flexibility index (Phi) is 6.32. The zero-order valence-corrected chi connectivity index (χ0v) is 14.2. The molecule has 0 saturated heterocycles. The molecule has 0 atom stereocenters. The third-order valence-electron chi connectivity index (χ3n) is 3.34. The summed E-state index contributed by atoms with van der Waals surface area (Å²) >= 11 is 0. The number of benzene rings is 1. The standard InChI is InChI=1S/C17H16F3N3O4/c1-2-9-23-15(25)8-7-13(22-23)16(26)27-10-14(24)21-12-5-3-11(4-6-12)17(18,19)20/h3-8H,2,9-10H2,1H3,(H,21,24). The average molecular weight is 383 g/mol. The van der Waals surface area contributed by atoms with E-state index in [1.54, 1.807) is 0 Å². The zero-order chi connectivity index (χ0) is 20.0. The first-order valence-corrected chi connectivity index (χ1v) is 7.93. The Morgan fingerprint density at radius 3 is 2.41 bits per heavy atom. The molecule has 1 N–H and O–H groups in total. The molecule has 1 amide bonds. The van der Waals surface area contributed by atoms with Gasteiger partial charge in [0.1, 0.15) is 0 Å². The Balaban J connectivity index is 1.92. The van der Waals surface area contributed by atoms with Crippen LogP contribution in [0.25, 0.3) is 0 Å². The summed E-state index contributed by atoms with van der Waals surface area (Å²) in [4.78, 5) is 35.2. The van der Waals surface area contributed by atoms with E-state index in [0.717, 1.165) is 28.9 Å². The number of nitrogens with one attached hydrogen (secondary N) is 1. The van der Waals surface area contributed by atoms with Crippen LogP contribution in [-0.4, -0.2) is 28.3 Å². The third kappa shape index (κ3) is 5.66. The van der Waals surface area contributed by atoms with E-state index < -0.39 is 30.2 Å². The molecule has 7 nitrogen and oxygen atoms in total. The molecule has 10 heteroatoms. The fourth-order valence-corrected chi connectivity index (χ4v) is 2.07. The minimum absolute atomic E-state index is 0.124. The molecule has 0 fully saturated rings. The molecule has 0 bridgehead atoms. The van der Waals surface area contributed by atoms with E-state index in [4.69, 9.17) is 4.74 Å². The lowest BCUT2D eigenvalue weighted by Crippen LogP contribution is -2.26. The van der Waals surface area contributed by atoms with Crippen molar-refractivity contribution in [3.05, 3.63) is 58.0 Å². The van der Waals surface area contributed by atoms with Crippen molar-refractivity contribution < 1.29 is 27.5 Å². The number of amides is 1. The smallest absolute Gasteiger partial charge is 0.416 e. The van der Waals surface area contributed by atoms with E-state index in [2.05, 4.69) is 10.4 Å². The van der Waals surface area contributed by atoms with E-state index in [1.165, 1.54) is 12.1 Å². The Bertz CT molecular complexity index is 876. The summed E-state index contributed by atoms with van der Waals surface area (Å²) in [5.41, 5.74) is -1.22. The van der Waals surface area contributed by atoms with Crippen LogP contribution in [0.4, 0.5) is 18.9 Å². The number of anilines is 1. The predicted molar refractivity (Wildman–Crippen MR) is 89.1 cm³/mol. The zero-order valence-electron chi connectivity index (χ0n) is 14.2. The molecule has 2 rings (SSSR count). The van der Waals surface area contributed by atoms with Gasteiger partial charge in [-0.2, -0.15) is 18.3 Å². The van der Waals surface area contributed by atoms with Crippen LogP contribution in [0.15, 0.2) is 41.2 Å². The second-order valence-corrected chi connectivity index (χ2v) is 5.48. The number of aryl methyl sites for hydroxylation is 1. The number of carbonyl (C=O) groups excluding carboxylic acids is 2. The van der Waals surface area contributed by atoms with Crippen LogP contribution in [0.2, 0.25) is 0 Å². The lowest BCUT2D eigenvalue weighted by Gasteiger charge is -2.09. The Morgan fingerprint density at radius 2 is 1.81 bits per heavy atom.